The number of hydrogen-bond acceptors (Lipinski definition) is 4. The van der Waals surface area contributed by atoms with Crippen molar-refractivity contribution in [3.05, 3.63) is 35.7 Å². The van der Waals surface area contributed by atoms with Gasteiger partial charge in [-0.25, -0.2) is 0 Å². The molecule has 0 saturated heterocycles. The third-order valence-electron chi connectivity index (χ3n) is 2.47. The molecule has 2 aromatic rings. The number of benzene rings is 1. The van der Waals surface area contributed by atoms with E-state index >= 15 is 0 Å². The van der Waals surface area contributed by atoms with Gasteiger partial charge in [-0.3, -0.25) is 5.10 Å². The third-order valence-corrected chi connectivity index (χ3v) is 2.47. The minimum atomic E-state index is 0.685. The molecule has 2 rings (SSSR count). The predicted molar refractivity (Wildman–Crippen MR) is 66.5 cm³/mol. The van der Waals surface area contributed by atoms with E-state index in [0.29, 0.717) is 12.4 Å². The molecule has 5 heteroatoms. The van der Waals surface area contributed by atoms with Gasteiger partial charge in [0.15, 0.2) is 0 Å². The fourth-order valence-corrected chi connectivity index (χ4v) is 1.59. The first-order valence-corrected chi connectivity index (χ1v) is 5.41. The number of para-hydroxylation sites is 1. The summed E-state index contributed by atoms with van der Waals surface area (Å²) in [7, 11) is 5.50. The van der Waals surface area contributed by atoms with E-state index in [1.807, 2.05) is 43.3 Å². The summed E-state index contributed by atoms with van der Waals surface area (Å²) in [5, 5.41) is 7.04. The number of nitrogens with zero attached hydrogens (tertiary/aromatic N) is 3. The summed E-state index contributed by atoms with van der Waals surface area (Å²) >= 11 is 0. The van der Waals surface area contributed by atoms with Crippen LogP contribution in [0.4, 0.5) is 5.95 Å². The van der Waals surface area contributed by atoms with E-state index in [1.165, 1.54) is 0 Å². The van der Waals surface area contributed by atoms with Crippen LogP contribution < -0.4 is 9.64 Å². The highest BCUT2D eigenvalue weighted by Gasteiger charge is 2.08. The average molecular weight is 232 g/mol. The molecule has 90 valence electrons. The van der Waals surface area contributed by atoms with Gasteiger partial charge >= 0.3 is 0 Å². The molecule has 1 aromatic carbocycles. The Morgan fingerprint density at radius 2 is 2.06 bits per heavy atom. The SMILES string of the molecule is COc1ccccc1Cc1nc(N(C)C)n[nH]1. The number of nitrogens with one attached hydrogen (secondary N) is 1. The maximum Gasteiger partial charge on any atom is 0.244 e. The lowest BCUT2D eigenvalue weighted by Crippen LogP contribution is -2.10. The van der Waals surface area contributed by atoms with Crippen LogP contribution in [0, 0.1) is 0 Å². The summed E-state index contributed by atoms with van der Waals surface area (Å²) in [6.45, 7) is 0. The molecule has 5 nitrogen and oxygen atoms in total. The molecule has 0 spiro atoms. The van der Waals surface area contributed by atoms with Crippen molar-refractivity contribution < 1.29 is 4.74 Å². The van der Waals surface area contributed by atoms with Gasteiger partial charge in [-0.2, -0.15) is 4.98 Å². The largest absolute Gasteiger partial charge is 0.496 e. The first kappa shape index (κ1) is 11.4. The van der Waals surface area contributed by atoms with Crippen LogP contribution in [-0.2, 0) is 6.42 Å². The van der Waals surface area contributed by atoms with Gasteiger partial charge in [0.25, 0.3) is 0 Å². The van der Waals surface area contributed by atoms with Gasteiger partial charge < -0.3 is 9.64 Å². The van der Waals surface area contributed by atoms with Crippen molar-refractivity contribution >= 4 is 5.95 Å². The Kier molecular flexibility index (Phi) is 3.27. The minimum absolute atomic E-state index is 0.685. The number of H-pyrrole nitrogens is 1. The fourth-order valence-electron chi connectivity index (χ4n) is 1.59. The second-order valence-corrected chi connectivity index (χ2v) is 3.97. The number of methoxy groups -OCH3 is 1. The first-order chi connectivity index (χ1) is 8.20. The predicted octanol–water partition coefficient (Wildman–Crippen LogP) is 1.47. The quantitative estimate of drug-likeness (QED) is 0.867. The topological polar surface area (TPSA) is 54.0 Å². The summed E-state index contributed by atoms with van der Waals surface area (Å²) in [6.07, 6.45) is 0.685. The molecule has 0 saturated carbocycles. The van der Waals surface area contributed by atoms with E-state index in [1.54, 1.807) is 7.11 Å². The molecule has 1 N–H and O–H groups in total. The van der Waals surface area contributed by atoms with Crippen LogP contribution in [0.5, 0.6) is 5.75 Å². The van der Waals surface area contributed by atoms with Crippen LogP contribution in [0.15, 0.2) is 24.3 Å². The minimum Gasteiger partial charge on any atom is -0.496 e. The Hall–Kier alpha value is -2.04. The van der Waals surface area contributed by atoms with Crippen molar-refractivity contribution in [1.82, 2.24) is 15.2 Å². The molecular formula is C12H16N4O. The molecule has 0 atom stereocenters. The molecule has 0 radical (unpaired) electrons. The Labute approximate surface area is 100 Å². The van der Waals surface area contributed by atoms with Gasteiger partial charge in [0.2, 0.25) is 5.95 Å². The van der Waals surface area contributed by atoms with Crippen LogP contribution in [-0.4, -0.2) is 36.4 Å². The maximum absolute atomic E-state index is 5.30. The van der Waals surface area contributed by atoms with Gasteiger partial charge in [-0.15, -0.1) is 5.10 Å². The van der Waals surface area contributed by atoms with Gasteiger partial charge in [0, 0.05) is 26.1 Å². The van der Waals surface area contributed by atoms with E-state index in [2.05, 4.69) is 15.2 Å². The highest BCUT2D eigenvalue weighted by Crippen LogP contribution is 2.19. The van der Waals surface area contributed by atoms with Crippen molar-refractivity contribution in [2.24, 2.45) is 0 Å². The van der Waals surface area contributed by atoms with Crippen molar-refractivity contribution in [3.63, 3.8) is 0 Å². The van der Waals surface area contributed by atoms with Gasteiger partial charge in [0.05, 0.1) is 7.11 Å². The van der Waals surface area contributed by atoms with Gasteiger partial charge in [-0.05, 0) is 6.07 Å². The molecule has 0 bridgehead atoms. The van der Waals surface area contributed by atoms with E-state index in [-0.39, 0.29) is 0 Å². The normalized spacial score (nSPS) is 10.3. The van der Waals surface area contributed by atoms with Gasteiger partial charge in [0.1, 0.15) is 11.6 Å². The van der Waals surface area contributed by atoms with E-state index in [9.17, 15) is 0 Å². The monoisotopic (exact) mass is 232 g/mol. The summed E-state index contributed by atoms with van der Waals surface area (Å²) in [5.41, 5.74) is 1.09. The molecule has 17 heavy (non-hydrogen) atoms. The lowest BCUT2D eigenvalue weighted by molar-refractivity contribution is 0.410. The average Bonchev–Trinajstić information content (AvgIpc) is 2.78. The summed E-state index contributed by atoms with van der Waals surface area (Å²) < 4.78 is 5.30. The zero-order valence-electron chi connectivity index (χ0n) is 10.3. The molecule has 0 fully saturated rings. The second-order valence-electron chi connectivity index (χ2n) is 3.97. The number of ether oxygens (including phenoxy) is 1. The second kappa shape index (κ2) is 4.86. The summed E-state index contributed by atoms with van der Waals surface area (Å²) in [5.74, 6) is 2.39. The Morgan fingerprint density at radius 1 is 1.29 bits per heavy atom. The van der Waals surface area contributed by atoms with Crippen molar-refractivity contribution in [2.75, 3.05) is 26.1 Å². The zero-order chi connectivity index (χ0) is 12.3. The van der Waals surface area contributed by atoms with E-state index in [4.69, 9.17) is 4.74 Å². The number of hydrogen-bond donors (Lipinski definition) is 1. The zero-order valence-corrected chi connectivity index (χ0v) is 10.3. The highest BCUT2D eigenvalue weighted by molar-refractivity contribution is 5.36. The van der Waals surface area contributed by atoms with Crippen LogP contribution in [0.1, 0.15) is 11.4 Å². The Morgan fingerprint density at radius 3 is 2.71 bits per heavy atom. The maximum atomic E-state index is 5.30. The lowest BCUT2D eigenvalue weighted by atomic mass is 10.1. The number of aromatic amines is 1. The van der Waals surface area contributed by atoms with E-state index in [0.717, 1.165) is 17.1 Å². The smallest absolute Gasteiger partial charge is 0.244 e. The summed E-state index contributed by atoms with van der Waals surface area (Å²) in [4.78, 5) is 6.25. The molecule has 0 aliphatic heterocycles. The molecule has 1 heterocycles. The van der Waals surface area contributed by atoms with Crippen LogP contribution >= 0.6 is 0 Å². The number of aromatic nitrogens is 3. The number of anilines is 1. The van der Waals surface area contributed by atoms with Crippen molar-refractivity contribution in [2.45, 2.75) is 6.42 Å². The van der Waals surface area contributed by atoms with Crippen LogP contribution in [0.25, 0.3) is 0 Å². The fraction of sp³-hybridized carbons (Fsp3) is 0.333. The van der Waals surface area contributed by atoms with Crippen LogP contribution in [0.3, 0.4) is 0 Å². The standard InChI is InChI=1S/C12H16N4O/c1-16(2)12-13-11(14-15-12)8-9-6-4-5-7-10(9)17-3/h4-7H,8H2,1-3H3,(H,13,14,15). The summed E-state index contributed by atoms with van der Waals surface area (Å²) in [6, 6.07) is 7.91. The molecular weight excluding hydrogens is 216 g/mol. The first-order valence-electron chi connectivity index (χ1n) is 5.41. The molecule has 0 amide bonds. The van der Waals surface area contributed by atoms with Gasteiger partial charge in [-0.1, -0.05) is 18.2 Å². The Balaban J connectivity index is 2.19. The van der Waals surface area contributed by atoms with Crippen molar-refractivity contribution in [3.8, 4) is 5.75 Å². The van der Waals surface area contributed by atoms with E-state index < -0.39 is 0 Å². The van der Waals surface area contributed by atoms with Crippen LogP contribution in [0.2, 0.25) is 0 Å². The Bertz CT molecular complexity index is 493. The third kappa shape index (κ3) is 2.55. The molecule has 1 aromatic heterocycles. The van der Waals surface area contributed by atoms with Crippen molar-refractivity contribution in [1.29, 1.82) is 0 Å². The lowest BCUT2D eigenvalue weighted by Gasteiger charge is -2.06. The highest BCUT2D eigenvalue weighted by atomic mass is 16.5. The number of rotatable bonds is 4. The molecule has 0 aliphatic carbocycles. The molecule has 0 unspecified atom stereocenters. The molecule has 0 aliphatic rings.